The van der Waals surface area contributed by atoms with E-state index in [9.17, 15) is 5.48 Å². The summed E-state index contributed by atoms with van der Waals surface area (Å²) < 4.78 is 37.5. The van der Waals surface area contributed by atoms with Crippen molar-refractivity contribution in [3.63, 3.8) is 0 Å². The third kappa shape index (κ3) is 5.24. The van der Waals surface area contributed by atoms with Crippen molar-refractivity contribution in [1.29, 1.82) is 0 Å². The van der Waals surface area contributed by atoms with Crippen LogP contribution in [0.3, 0.4) is 0 Å². The number of aromatic nitrogens is 3. The van der Waals surface area contributed by atoms with Gasteiger partial charge in [0.15, 0.2) is 17.5 Å². The van der Waals surface area contributed by atoms with Gasteiger partial charge < -0.3 is 0 Å². The molecule has 52 heavy (non-hydrogen) atoms. The molecule has 0 saturated heterocycles. The standard InChI is InChI=1S/C49H37N3/c1-3-14-34(15-4-1)46-50-47(52-48(51-46)41-24-23-33-13-5-6-16-35(33)30-41)40-20-12-19-38(31-40)36-17-11-18-37(29-36)39-25-26-43-42-21-7-8-22-44(42)49(45(43)32-39)27-9-2-10-28-49/h1,3-8,11-26,29-32H,2,9-10,27-28H2/i27D2,28D2. The number of hydrogen-bond donors (Lipinski definition) is 0. The first-order valence-electron chi connectivity index (χ1n) is 20.0. The lowest BCUT2D eigenvalue weighted by molar-refractivity contribution is 0.353. The Morgan fingerprint density at radius 2 is 0.885 bits per heavy atom. The first-order valence-corrected chi connectivity index (χ1v) is 18.0. The Morgan fingerprint density at radius 3 is 1.63 bits per heavy atom. The molecule has 3 nitrogen and oxygen atoms in total. The summed E-state index contributed by atoms with van der Waals surface area (Å²) in [6, 6.07) is 55.2. The van der Waals surface area contributed by atoms with E-state index in [0.29, 0.717) is 36.7 Å². The van der Waals surface area contributed by atoms with Crippen molar-refractivity contribution >= 4 is 10.8 Å². The molecule has 0 unspecified atom stereocenters. The largest absolute Gasteiger partial charge is 0.208 e. The van der Waals surface area contributed by atoms with Gasteiger partial charge in [0.1, 0.15) is 0 Å². The van der Waals surface area contributed by atoms with Crippen molar-refractivity contribution in [2.45, 2.75) is 37.4 Å². The van der Waals surface area contributed by atoms with Gasteiger partial charge in [0, 0.05) is 27.6 Å². The second-order valence-corrected chi connectivity index (χ2v) is 13.7. The lowest BCUT2D eigenvalue weighted by Gasteiger charge is -2.36. The molecule has 1 spiro atoms. The zero-order valence-corrected chi connectivity index (χ0v) is 28.6. The summed E-state index contributed by atoms with van der Waals surface area (Å²) in [7, 11) is 0. The van der Waals surface area contributed by atoms with Crippen molar-refractivity contribution < 1.29 is 5.48 Å². The predicted molar refractivity (Wildman–Crippen MR) is 214 cm³/mol. The van der Waals surface area contributed by atoms with Crippen LogP contribution in [0.1, 0.15) is 48.6 Å². The number of nitrogens with zero attached hydrogens (tertiary/aromatic N) is 3. The highest BCUT2D eigenvalue weighted by atomic mass is 15.0. The molecule has 0 radical (unpaired) electrons. The van der Waals surface area contributed by atoms with Crippen molar-refractivity contribution in [2.75, 3.05) is 0 Å². The zero-order valence-electron chi connectivity index (χ0n) is 32.6. The van der Waals surface area contributed by atoms with E-state index >= 15 is 0 Å². The first-order chi connectivity index (χ1) is 27.2. The van der Waals surface area contributed by atoms with E-state index in [0.717, 1.165) is 72.0 Å². The summed E-state index contributed by atoms with van der Waals surface area (Å²) in [5.74, 6) is 1.80. The molecule has 0 bridgehead atoms. The molecular weight excluding hydrogens is 631 g/mol. The molecule has 1 aromatic heterocycles. The van der Waals surface area contributed by atoms with Gasteiger partial charge in [-0.15, -0.1) is 0 Å². The minimum atomic E-state index is -1.76. The number of benzene rings is 7. The van der Waals surface area contributed by atoms with Crippen molar-refractivity contribution in [2.24, 2.45) is 0 Å². The second kappa shape index (κ2) is 12.5. The first kappa shape index (κ1) is 26.6. The van der Waals surface area contributed by atoms with Crippen molar-refractivity contribution in [3.05, 3.63) is 175 Å². The van der Waals surface area contributed by atoms with Crippen molar-refractivity contribution in [1.82, 2.24) is 15.0 Å². The molecule has 10 rings (SSSR count). The van der Waals surface area contributed by atoms with Crippen LogP contribution in [0.15, 0.2) is 164 Å². The Kier molecular flexibility index (Phi) is 6.41. The summed E-state index contributed by atoms with van der Waals surface area (Å²) in [4.78, 5) is 15.0. The lowest BCUT2D eigenvalue weighted by atomic mass is 9.67. The summed E-state index contributed by atoms with van der Waals surface area (Å²) >= 11 is 0. The topological polar surface area (TPSA) is 38.7 Å². The maximum Gasteiger partial charge on any atom is 0.164 e. The molecule has 2 aliphatic carbocycles. The fourth-order valence-corrected chi connectivity index (χ4v) is 7.94. The van der Waals surface area contributed by atoms with Gasteiger partial charge in [-0.3, -0.25) is 0 Å². The van der Waals surface area contributed by atoms with Crippen molar-refractivity contribution in [3.8, 4) is 67.5 Å². The monoisotopic (exact) mass is 671 g/mol. The van der Waals surface area contributed by atoms with Gasteiger partial charge in [-0.05, 0) is 92.3 Å². The van der Waals surface area contributed by atoms with E-state index in [1.807, 2.05) is 84.9 Å². The average molecular weight is 672 g/mol. The Morgan fingerprint density at radius 1 is 0.365 bits per heavy atom. The molecule has 1 saturated carbocycles. The van der Waals surface area contributed by atoms with E-state index in [2.05, 4.69) is 78.9 Å². The molecule has 1 heterocycles. The molecule has 0 N–H and O–H groups in total. The van der Waals surface area contributed by atoms with Gasteiger partial charge >= 0.3 is 0 Å². The summed E-state index contributed by atoms with van der Waals surface area (Å²) in [6.45, 7) is 0. The lowest BCUT2D eigenvalue weighted by Crippen LogP contribution is -2.28. The van der Waals surface area contributed by atoms with Crippen LogP contribution in [-0.2, 0) is 5.41 Å². The van der Waals surface area contributed by atoms with E-state index in [4.69, 9.17) is 15.0 Å². The average Bonchev–Trinajstić information content (AvgIpc) is 3.55. The maximum atomic E-state index is 9.37. The maximum absolute atomic E-state index is 9.37. The number of rotatable bonds is 5. The molecule has 0 amide bonds. The normalized spacial score (nSPS) is 17.4. The van der Waals surface area contributed by atoms with Gasteiger partial charge in [0.25, 0.3) is 0 Å². The molecule has 8 aromatic rings. The highest BCUT2D eigenvalue weighted by Gasteiger charge is 2.43. The van der Waals surface area contributed by atoms with Gasteiger partial charge in [0.05, 0.1) is 0 Å². The van der Waals surface area contributed by atoms with Gasteiger partial charge in [-0.2, -0.15) is 0 Å². The third-order valence-corrected chi connectivity index (χ3v) is 10.5. The van der Waals surface area contributed by atoms with Gasteiger partial charge in [-0.25, -0.2) is 15.0 Å². The van der Waals surface area contributed by atoms with E-state index in [1.165, 1.54) is 0 Å². The SMILES string of the molecule is [2H]C1([2H])CCCC([2H])([2H])C12c1ccccc1-c1ccc(-c3cccc(-c4cccc(-c5nc(-c6ccccc6)nc(-c6ccc7ccccc7c6)n5)c4)c3)cc12. The second-order valence-electron chi connectivity index (χ2n) is 13.7. The van der Waals surface area contributed by atoms with Crippen LogP contribution in [0.5, 0.6) is 0 Å². The van der Waals surface area contributed by atoms with Crippen LogP contribution >= 0.6 is 0 Å². The van der Waals surface area contributed by atoms with Gasteiger partial charge in [-0.1, -0.05) is 159 Å². The molecule has 2 aliphatic rings. The highest BCUT2D eigenvalue weighted by Crippen LogP contribution is 2.56. The van der Waals surface area contributed by atoms with Crippen LogP contribution in [0.25, 0.3) is 78.3 Å². The predicted octanol–water partition coefficient (Wildman–Crippen LogP) is 12.6. The highest BCUT2D eigenvalue weighted by molar-refractivity contribution is 5.87. The van der Waals surface area contributed by atoms with E-state index in [-0.39, 0.29) is 0 Å². The van der Waals surface area contributed by atoms with Crippen LogP contribution < -0.4 is 0 Å². The van der Waals surface area contributed by atoms with E-state index in [1.54, 1.807) is 0 Å². The fraction of sp³-hybridized carbons (Fsp3) is 0.122. The quantitative estimate of drug-likeness (QED) is 0.183. The molecule has 1 fully saturated rings. The molecule has 3 heteroatoms. The Balaban J connectivity index is 1.06. The Hall–Kier alpha value is -6.19. The third-order valence-electron chi connectivity index (χ3n) is 10.5. The van der Waals surface area contributed by atoms with Crippen LogP contribution in [0, 0.1) is 0 Å². The molecule has 0 atom stereocenters. The zero-order chi connectivity index (χ0) is 38.1. The Labute approximate surface area is 310 Å². The van der Waals surface area contributed by atoms with Crippen LogP contribution in [-0.4, -0.2) is 15.0 Å². The van der Waals surface area contributed by atoms with Crippen LogP contribution in [0.4, 0.5) is 0 Å². The summed E-state index contributed by atoms with van der Waals surface area (Å²) in [5, 5.41) is 2.28. The molecule has 0 aliphatic heterocycles. The summed E-state index contributed by atoms with van der Waals surface area (Å²) in [6.07, 6.45) is -2.38. The Bertz CT molecular complexity index is 2800. The number of hydrogen-bond acceptors (Lipinski definition) is 3. The molecule has 248 valence electrons. The smallest absolute Gasteiger partial charge is 0.164 e. The van der Waals surface area contributed by atoms with E-state index < -0.39 is 18.2 Å². The summed E-state index contributed by atoms with van der Waals surface area (Å²) in [5.41, 5.74) is 8.55. The van der Waals surface area contributed by atoms with Crippen LogP contribution in [0.2, 0.25) is 0 Å². The minimum Gasteiger partial charge on any atom is -0.208 e. The number of fused-ring (bicyclic) bond motifs is 6. The minimum absolute atomic E-state index is 0.314. The fourth-order valence-electron chi connectivity index (χ4n) is 7.94. The van der Waals surface area contributed by atoms with Gasteiger partial charge in [0.2, 0.25) is 0 Å². The molecular formula is C49H37N3. The molecule has 7 aromatic carbocycles.